The number of nitrogens with one attached hydrogen (secondary N) is 1. The van der Waals surface area contributed by atoms with Crippen LogP contribution in [0.4, 0.5) is 0 Å². The Labute approximate surface area is 97.2 Å². The molecular weight excluding hydrogens is 200 g/mol. The van der Waals surface area contributed by atoms with Gasteiger partial charge in [0, 0.05) is 23.4 Å². The zero-order chi connectivity index (χ0) is 11.5. The van der Waals surface area contributed by atoms with E-state index < -0.39 is 0 Å². The van der Waals surface area contributed by atoms with Crippen LogP contribution in [-0.4, -0.2) is 18.0 Å². The van der Waals surface area contributed by atoms with Gasteiger partial charge in [0.1, 0.15) is 0 Å². The molecule has 0 aromatic carbocycles. The summed E-state index contributed by atoms with van der Waals surface area (Å²) in [6, 6.07) is 0.549. The molecule has 3 saturated carbocycles. The van der Waals surface area contributed by atoms with Gasteiger partial charge in [-0.05, 0) is 31.1 Å². The molecule has 0 heterocycles. The Morgan fingerprint density at radius 3 is 2.44 bits per heavy atom. The molecule has 3 nitrogen and oxygen atoms in total. The summed E-state index contributed by atoms with van der Waals surface area (Å²) in [5, 5.41) is 3.21. The van der Waals surface area contributed by atoms with Crippen LogP contribution in [-0.2, 0) is 4.79 Å². The fourth-order valence-corrected chi connectivity index (χ4v) is 3.68. The fourth-order valence-electron chi connectivity index (χ4n) is 3.68. The summed E-state index contributed by atoms with van der Waals surface area (Å²) < 4.78 is 0. The second kappa shape index (κ2) is 3.22. The minimum absolute atomic E-state index is 0.0830. The summed E-state index contributed by atoms with van der Waals surface area (Å²) in [7, 11) is 0. The first-order chi connectivity index (χ1) is 7.51. The van der Waals surface area contributed by atoms with Crippen LogP contribution in [0.15, 0.2) is 0 Å². The first-order valence-electron chi connectivity index (χ1n) is 6.58. The second-order valence-corrected chi connectivity index (χ2v) is 6.51. The van der Waals surface area contributed by atoms with Crippen LogP contribution in [0.5, 0.6) is 0 Å². The van der Waals surface area contributed by atoms with E-state index in [1.807, 2.05) is 0 Å². The summed E-state index contributed by atoms with van der Waals surface area (Å²) in [5.74, 6) is 2.09. The van der Waals surface area contributed by atoms with Gasteiger partial charge < -0.3 is 11.1 Å². The number of hydrogen-bond donors (Lipinski definition) is 2. The predicted molar refractivity (Wildman–Crippen MR) is 62.6 cm³/mol. The molecule has 0 bridgehead atoms. The molecule has 0 saturated heterocycles. The van der Waals surface area contributed by atoms with E-state index in [1.165, 1.54) is 19.3 Å². The van der Waals surface area contributed by atoms with Gasteiger partial charge in [0.25, 0.3) is 0 Å². The van der Waals surface area contributed by atoms with Gasteiger partial charge in [-0.2, -0.15) is 0 Å². The maximum Gasteiger partial charge on any atom is 0.223 e. The van der Waals surface area contributed by atoms with Gasteiger partial charge in [-0.3, -0.25) is 4.79 Å². The molecule has 0 aliphatic heterocycles. The molecule has 3 aliphatic rings. The van der Waals surface area contributed by atoms with E-state index in [2.05, 4.69) is 19.2 Å². The molecule has 3 aliphatic carbocycles. The third-order valence-corrected chi connectivity index (χ3v) is 5.37. The second-order valence-electron chi connectivity index (χ2n) is 6.51. The van der Waals surface area contributed by atoms with E-state index in [4.69, 9.17) is 5.73 Å². The topological polar surface area (TPSA) is 55.1 Å². The van der Waals surface area contributed by atoms with Crippen molar-refractivity contribution in [3.8, 4) is 0 Å². The molecule has 1 amide bonds. The normalized spacial score (nSPS) is 48.1. The lowest BCUT2D eigenvalue weighted by atomic mass is 9.63. The Kier molecular flexibility index (Phi) is 2.13. The largest absolute Gasteiger partial charge is 0.352 e. The highest BCUT2D eigenvalue weighted by Gasteiger charge is 2.57. The van der Waals surface area contributed by atoms with E-state index in [9.17, 15) is 4.79 Å². The minimum Gasteiger partial charge on any atom is -0.352 e. The van der Waals surface area contributed by atoms with E-state index >= 15 is 0 Å². The summed E-state index contributed by atoms with van der Waals surface area (Å²) in [6.45, 7) is 4.31. The number of nitrogens with two attached hydrogens (primary N) is 1. The van der Waals surface area contributed by atoms with Crippen molar-refractivity contribution in [2.75, 3.05) is 0 Å². The number of amides is 1. The van der Waals surface area contributed by atoms with Crippen molar-refractivity contribution in [3.63, 3.8) is 0 Å². The van der Waals surface area contributed by atoms with Crippen molar-refractivity contribution in [1.29, 1.82) is 0 Å². The number of carbonyl (C=O) groups is 1. The maximum absolute atomic E-state index is 12.1. The van der Waals surface area contributed by atoms with Gasteiger partial charge in [-0.1, -0.05) is 20.3 Å². The summed E-state index contributed by atoms with van der Waals surface area (Å²) in [5.41, 5.74) is 6.04. The van der Waals surface area contributed by atoms with Gasteiger partial charge in [-0.25, -0.2) is 0 Å². The fraction of sp³-hybridized carbons (Fsp3) is 0.923. The molecule has 3 fully saturated rings. The first kappa shape index (κ1) is 10.6. The lowest BCUT2D eigenvalue weighted by Crippen LogP contribution is -2.64. The summed E-state index contributed by atoms with van der Waals surface area (Å²) >= 11 is 0. The Morgan fingerprint density at radius 2 is 1.94 bits per heavy atom. The summed E-state index contributed by atoms with van der Waals surface area (Å²) in [6.07, 6.45) is 4.83. The zero-order valence-corrected chi connectivity index (χ0v) is 10.2. The van der Waals surface area contributed by atoms with Gasteiger partial charge in [-0.15, -0.1) is 0 Å². The molecule has 3 rings (SSSR count). The quantitative estimate of drug-likeness (QED) is 0.739. The molecule has 0 radical (unpaired) electrons. The van der Waals surface area contributed by atoms with E-state index in [0.29, 0.717) is 17.9 Å². The van der Waals surface area contributed by atoms with E-state index in [0.717, 1.165) is 18.3 Å². The standard InChI is InChI=1S/C13H22N2O/c1-13(2)9(14)6-10(13)15-12(16)11-7-4-3-5-8(7)11/h7-11H,3-6,14H2,1-2H3,(H,15,16). The molecule has 0 aromatic heterocycles. The SMILES string of the molecule is CC1(C)C(N)CC1NC(=O)C1C2CCCC21. The third kappa shape index (κ3) is 1.33. The number of rotatable bonds is 2. The van der Waals surface area contributed by atoms with Crippen LogP contribution in [0, 0.1) is 23.2 Å². The molecule has 0 spiro atoms. The van der Waals surface area contributed by atoms with Crippen molar-refractivity contribution in [1.82, 2.24) is 5.32 Å². The number of carbonyl (C=O) groups excluding carboxylic acids is 1. The van der Waals surface area contributed by atoms with Crippen molar-refractivity contribution >= 4 is 5.91 Å². The van der Waals surface area contributed by atoms with E-state index in [-0.39, 0.29) is 11.5 Å². The van der Waals surface area contributed by atoms with Gasteiger partial charge in [0.2, 0.25) is 5.91 Å². The summed E-state index contributed by atoms with van der Waals surface area (Å²) in [4.78, 5) is 12.1. The van der Waals surface area contributed by atoms with Crippen LogP contribution in [0.3, 0.4) is 0 Å². The van der Waals surface area contributed by atoms with Crippen molar-refractivity contribution < 1.29 is 4.79 Å². The molecule has 90 valence electrons. The van der Waals surface area contributed by atoms with Crippen LogP contribution in [0.25, 0.3) is 0 Å². The monoisotopic (exact) mass is 222 g/mol. The smallest absolute Gasteiger partial charge is 0.223 e. The Bertz CT molecular complexity index is 316. The van der Waals surface area contributed by atoms with Crippen LogP contribution in [0.2, 0.25) is 0 Å². The Balaban J connectivity index is 1.55. The highest BCUT2D eigenvalue weighted by atomic mass is 16.2. The molecule has 16 heavy (non-hydrogen) atoms. The lowest BCUT2D eigenvalue weighted by Gasteiger charge is -2.50. The first-order valence-corrected chi connectivity index (χ1v) is 6.58. The highest BCUT2D eigenvalue weighted by Crippen LogP contribution is 2.57. The molecule has 4 unspecified atom stereocenters. The average Bonchev–Trinajstić information content (AvgIpc) is 2.72. The lowest BCUT2D eigenvalue weighted by molar-refractivity contribution is -0.126. The molecule has 3 heteroatoms. The Hall–Kier alpha value is -0.570. The van der Waals surface area contributed by atoms with Crippen LogP contribution >= 0.6 is 0 Å². The Morgan fingerprint density at radius 1 is 1.31 bits per heavy atom. The third-order valence-electron chi connectivity index (χ3n) is 5.37. The van der Waals surface area contributed by atoms with Gasteiger partial charge in [0.15, 0.2) is 0 Å². The van der Waals surface area contributed by atoms with Crippen LogP contribution in [0.1, 0.15) is 39.5 Å². The van der Waals surface area contributed by atoms with E-state index in [1.54, 1.807) is 0 Å². The molecular formula is C13H22N2O. The molecule has 4 atom stereocenters. The molecule has 0 aromatic rings. The predicted octanol–water partition coefficient (Wildman–Crippen LogP) is 1.27. The minimum atomic E-state index is 0.0830. The highest BCUT2D eigenvalue weighted by molar-refractivity contribution is 5.83. The van der Waals surface area contributed by atoms with Gasteiger partial charge >= 0.3 is 0 Å². The number of hydrogen-bond acceptors (Lipinski definition) is 2. The zero-order valence-electron chi connectivity index (χ0n) is 10.2. The molecule has 3 N–H and O–H groups in total. The maximum atomic E-state index is 12.1. The van der Waals surface area contributed by atoms with Crippen LogP contribution < -0.4 is 11.1 Å². The average molecular weight is 222 g/mol. The van der Waals surface area contributed by atoms with Crippen molar-refractivity contribution in [2.45, 2.75) is 51.6 Å². The van der Waals surface area contributed by atoms with Crippen molar-refractivity contribution in [3.05, 3.63) is 0 Å². The van der Waals surface area contributed by atoms with Crippen molar-refractivity contribution in [2.24, 2.45) is 28.9 Å². The number of fused-ring (bicyclic) bond motifs is 1. The van der Waals surface area contributed by atoms with Gasteiger partial charge in [0.05, 0.1) is 0 Å².